The summed E-state index contributed by atoms with van der Waals surface area (Å²) in [6.45, 7) is 7.48. The van der Waals surface area contributed by atoms with Crippen LogP contribution in [0.4, 0.5) is 0 Å². The number of hydrogen-bond acceptors (Lipinski definition) is 3. The van der Waals surface area contributed by atoms with Gasteiger partial charge in [0.2, 0.25) is 5.91 Å². The normalized spacial score (nSPS) is 14.8. The summed E-state index contributed by atoms with van der Waals surface area (Å²) >= 11 is 1.74. The van der Waals surface area contributed by atoms with Crippen LogP contribution in [-0.2, 0) is 9.53 Å². The molecule has 4 heteroatoms. The molecule has 0 aliphatic rings. The van der Waals surface area contributed by atoms with Crippen LogP contribution in [-0.4, -0.2) is 37.2 Å². The summed E-state index contributed by atoms with van der Waals surface area (Å²) in [5, 5.41) is 2.94. The monoisotopic (exact) mass is 365 g/mol. The Labute approximate surface area is 158 Å². The predicted octanol–water partition coefficient (Wildman–Crippen LogP) is 5.06. The number of hydrogen-bond donors (Lipinski definition) is 1. The molecule has 0 aliphatic carbocycles. The van der Waals surface area contributed by atoms with Gasteiger partial charge in [0.05, 0.1) is 12.1 Å². The number of unbranched alkanes of at least 4 members (excludes halogenated alkanes) is 1. The molecule has 0 aromatic rings. The van der Waals surface area contributed by atoms with Crippen LogP contribution in [0.5, 0.6) is 0 Å². The molecule has 1 amide bonds. The molecule has 25 heavy (non-hydrogen) atoms. The van der Waals surface area contributed by atoms with Crippen molar-refractivity contribution in [1.29, 1.82) is 0 Å². The van der Waals surface area contributed by atoms with Gasteiger partial charge in [-0.05, 0) is 45.3 Å². The van der Waals surface area contributed by atoms with E-state index in [9.17, 15) is 4.79 Å². The maximum Gasteiger partial charge on any atom is 0.217 e. The molecule has 0 unspecified atom stereocenters. The van der Waals surface area contributed by atoms with Crippen LogP contribution >= 0.6 is 11.8 Å². The van der Waals surface area contributed by atoms with Crippen LogP contribution < -0.4 is 5.32 Å². The van der Waals surface area contributed by atoms with E-state index in [1.165, 1.54) is 5.57 Å². The minimum Gasteiger partial charge on any atom is -0.381 e. The van der Waals surface area contributed by atoms with Gasteiger partial charge in [-0.2, -0.15) is 11.8 Å². The maximum absolute atomic E-state index is 11.1. The van der Waals surface area contributed by atoms with Gasteiger partial charge >= 0.3 is 0 Å². The van der Waals surface area contributed by atoms with Crippen molar-refractivity contribution in [3.8, 4) is 0 Å². The zero-order valence-electron chi connectivity index (χ0n) is 16.3. The lowest BCUT2D eigenvalue weighted by Gasteiger charge is -2.12. The van der Waals surface area contributed by atoms with E-state index >= 15 is 0 Å². The molecule has 1 N–H and O–H groups in total. The van der Waals surface area contributed by atoms with Crippen molar-refractivity contribution in [2.75, 3.05) is 19.1 Å². The van der Waals surface area contributed by atoms with Gasteiger partial charge in [-0.1, -0.05) is 42.0 Å². The third kappa shape index (κ3) is 14.8. The summed E-state index contributed by atoms with van der Waals surface area (Å²) in [7, 11) is 1.76. The molecular formula is C21H35NO2S. The quantitative estimate of drug-likeness (QED) is 0.265. The number of nitrogens with one attached hydrogen (secondary N) is 1. The topological polar surface area (TPSA) is 38.3 Å². The van der Waals surface area contributed by atoms with E-state index in [0.717, 1.165) is 37.9 Å². The minimum atomic E-state index is 0.0213. The number of carbonyl (C=O) groups excluding carboxylic acids is 1. The van der Waals surface area contributed by atoms with E-state index in [4.69, 9.17) is 4.74 Å². The Bertz CT molecular complexity index is 455. The number of allylic oxidation sites excluding steroid dienone is 5. The molecule has 2 atom stereocenters. The van der Waals surface area contributed by atoms with E-state index < -0.39 is 0 Å². The fraction of sp³-hybridized carbons (Fsp3) is 0.571. The summed E-state index contributed by atoms with van der Waals surface area (Å²) in [5.74, 6) is 0.926. The Morgan fingerprint density at radius 1 is 1.28 bits per heavy atom. The molecule has 0 fully saturated rings. The highest BCUT2D eigenvalue weighted by Crippen LogP contribution is 2.12. The zero-order valence-corrected chi connectivity index (χ0v) is 17.1. The van der Waals surface area contributed by atoms with Crippen molar-refractivity contribution in [3.63, 3.8) is 0 Å². The Morgan fingerprint density at radius 3 is 2.60 bits per heavy atom. The van der Waals surface area contributed by atoms with Gasteiger partial charge < -0.3 is 10.1 Å². The number of ether oxygens (including phenoxy) is 1. The first-order chi connectivity index (χ1) is 12.0. The molecule has 0 aromatic heterocycles. The predicted molar refractivity (Wildman–Crippen MR) is 112 cm³/mol. The van der Waals surface area contributed by atoms with Crippen LogP contribution in [0.25, 0.3) is 0 Å². The summed E-state index contributed by atoms with van der Waals surface area (Å²) in [6, 6.07) is 0.128. The number of methoxy groups -OCH3 is 1. The van der Waals surface area contributed by atoms with Gasteiger partial charge in [-0.15, -0.1) is 6.58 Å². The van der Waals surface area contributed by atoms with Crippen molar-refractivity contribution in [2.45, 2.75) is 58.1 Å². The lowest BCUT2D eigenvalue weighted by molar-refractivity contribution is -0.119. The van der Waals surface area contributed by atoms with Crippen LogP contribution in [0, 0.1) is 0 Å². The average molecular weight is 366 g/mol. The standard InChI is InChI=1S/C21H35NO2S/c1-6-12-21(24-4)16-15-18(2)13-10-8-7-9-11-14-20(17-25-5)22-19(3)23/h6,8,10-11,13-14,20-21H,1,7,9,12,15-17H2,2-5H3,(H,22,23)/b10-8+,14-11-,18-13+/t20-,21+/m1/s1. The van der Waals surface area contributed by atoms with Crippen LogP contribution in [0.3, 0.4) is 0 Å². The highest BCUT2D eigenvalue weighted by molar-refractivity contribution is 7.98. The van der Waals surface area contributed by atoms with Crippen molar-refractivity contribution in [3.05, 3.63) is 48.6 Å². The molecule has 0 saturated heterocycles. The molecule has 0 radical (unpaired) electrons. The summed E-state index contributed by atoms with van der Waals surface area (Å²) in [6.07, 6.45) is 19.9. The second kappa shape index (κ2) is 16.2. The molecule has 0 saturated carbocycles. The van der Waals surface area contributed by atoms with E-state index in [1.54, 1.807) is 25.8 Å². The van der Waals surface area contributed by atoms with Gasteiger partial charge in [0.25, 0.3) is 0 Å². The van der Waals surface area contributed by atoms with Gasteiger partial charge in [0, 0.05) is 19.8 Å². The average Bonchev–Trinajstić information content (AvgIpc) is 2.57. The molecule has 0 spiro atoms. The summed E-state index contributed by atoms with van der Waals surface area (Å²) in [5.41, 5.74) is 1.36. The SMILES string of the molecule is C=CC[C@@H](CC/C(C)=C/C=C/CC/C=C\[C@H](CSC)NC(C)=O)OC. The fourth-order valence-corrected chi connectivity index (χ4v) is 2.91. The zero-order chi connectivity index (χ0) is 18.9. The summed E-state index contributed by atoms with van der Waals surface area (Å²) < 4.78 is 5.42. The molecule has 0 bridgehead atoms. The minimum absolute atomic E-state index is 0.0213. The highest BCUT2D eigenvalue weighted by atomic mass is 32.2. The Hall–Kier alpha value is -1.26. The molecule has 0 heterocycles. The summed E-state index contributed by atoms with van der Waals surface area (Å²) in [4.78, 5) is 11.1. The van der Waals surface area contributed by atoms with Crippen LogP contribution in [0.2, 0.25) is 0 Å². The van der Waals surface area contributed by atoms with Crippen LogP contribution in [0.15, 0.2) is 48.6 Å². The number of carbonyl (C=O) groups is 1. The second-order valence-electron chi connectivity index (χ2n) is 6.13. The number of thioether (sulfide) groups is 1. The second-order valence-corrected chi connectivity index (χ2v) is 7.04. The number of amides is 1. The van der Waals surface area contributed by atoms with Crippen molar-refractivity contribution >= 4 is 17.7 Å². The Kier molecular flexibility index (Phi) is 15.4. The molecule has 0 aromatic carbocycles. The maximum atomic E-state index is 11.1. The van der Waals surface area contributed by atoms with Gasteiger partial charge in [0.15, 0.2) is 0 Å². The third-order valence-electron chi connectivity index (χ3n) is 3.74. The van der Waals surface area contributed by atoms with Crippen molar-refractivity contribution < 1.29 is 9.53 Å². The van der Waals surface area contributed by atoms with Gasteiger partial charge in [0.1, 0.15) is 0 Å². The first-order valence-electron chi connectivity index (χ1n) is 8.92. The highest BCUT2D eigenvalue weighted by Gasteiger charge is 2.05. The smallest absolute Gasteiger partial charge is 0.217 e. The molecule has 3 nitrogen and oxygen atoms in total. The van der Waals surface area contributed by atoms with Crippen molar-refractivity contribution in [1.82, 2.24) is 5.32 Å². The van der Waals surface area contributed by atoms with Crippen molar-refractivity contribution in [2.24, 2.45) is 0 Å². The fourth-order valence-electron chi connectivity index (χ4n) is 2.36. The van der Waals surface area contributed by atoms with Crippen LogP contribution in [0.1, 0.15) is 46.0 Å². The Morgan fingerprint density at radius 2 is 2.00 bits per heavy atom. The lowest BCUT2D eigenvalue weighted by atomic mass is 10.1. The molecule has 142 valence electrons. The van der Waals surface area contributed by atoms with E-state index in [-0.39, 0.29) is 18.1 Å². The molecule has 0 rings (SSSR count). The molecular weight excluding hydrogens is 330 g/mol. The van der Waals surface area contributed by atoms with E-state index in [2.05, 4.69) is 49.2 Å². The number of rotatable bonds is 14. The first kappa shape index (κ1) is 23.7. The van der Waals surface area contributed by atoms with E-state index in [1.807, 2.05) is 12.3 Å². The largest absolute Gasteiger partial charge is 0.381 e. The van der Waals surface area contributed by atoms with E-state index in [0.29, 0.717) is 0 Å². The molecule has 0 aliphatic heterocycles. The third-order valence-corrected chi connectivity index (χ3v) is 4.44. The Balaban J connectivity index is 4.07. The first-order valence-corrected chi connectivity index (χ1v) is 10.3. The lowest BCUT2D eigenvalue weighted by Crippen LogP contribution is -2.33. The van der Waals surface area contributed by atoms with Gasteiger partial charge in [-0.3, -0.25) is 4.79 Å². The van der Waals surface area contributed by atoms with Gasteiger partial charge in [-0.25, -0.2) is 0 Å².